The summed E-state index contributed by atoms with van der Waals surface area (Å²) in [7, 11) is 0. The molecule has 1 heterocycles. The lowest BCUT2D eigenvalue weighted by atomic mass is 10.5. The van der Waals surface area contributed by atoms with Gasteiger partial charge in [-0.25, -0.2) is 4.79 Å². The SMILES string of the molecule is NC(=O)OCCNC(=O)Cn1ccc(N)n1. The lowest BCUT2D eigenvalue weighted by molar-refractivity contribution is -0.122. The van der Waals surface area contributed by atoms with Crippen LogP contribution in [0, 0.1) is 0 Å². The van der Waals surface area contributed by atoms with Gasteiger partial charge in [-0.2, -0.15) is 5.10 Å². The summed E-state index contributed by atoms with van der Waals surface area (Å²) < 4.78 is 5.83. The van der Waals surface area contributed by atoms with Crippen molar-refractivity contribution in [1.82, 2.24) is 15.1 Å². The minimum atomic E-state index is -0.867. The van der Waals surface area contributed by atoms with Crippen LogP contribution in [0.3, 0.4) is 0 Å². The largest absolute Gasteiger partial charge is 0.448 e. The van der Waals surface area contributed by atoms with Crippen LogP contribution >= 0.6 is 0 Å². The van der Waals surface area contributed by atoms with E-state index in [-0.39, 0.29) is 25.6 Å². The van der Waals surface area contributed by atoms with E-state index >= 15 is 0 Å². The van der Waals surface area contributed by atoms with E-state index < -0.39 is 6.09 Å². The molecule has 0 spiro atoms. The molecule has 8 heteroatoms. The molecule has 0 aromatic carbocycles. The third-order valence-corrected chi connectivity index (χ3v) is 1.64. The topological polar surface area (TPSA) is 125 Å². The van der Waals surface area contributed by atoms with Crippen LogP contribution in [0.1, 0.15) is 0 Å². The average Bonchev–Trinajstić information content (AvgIpc) is 2.58. The van der Waals surface area contributed by atoms with Gasteiger partial charge in [0.05, 0.1) is 6.54 Å². The lowest BCUT2D eigenvalue weighted by Crippen LogP contribution is -2.31. The van der Waals surface area contributed by atoms with Gasteiger partial charge in [-0.3, -0.25) is 9.48 Å². The molecule has 16 heavy (non-hydrogen) atoms. The van der Waals surface area contributed by atoms with Crippen molar-refractivity contribution in [2.75, 3.05) is 18.9 Å². The fraction of sp³-hybridized carbons (Fsp3) is 0.375. The summed E-state index contributed by atoms with van der Waals surface area (Å²) in [6.07, 6.45) is 0.726. The number of nitrogens with two attached hydrogens (primary N) is 2. The van der Waals surface area contributed by atoms with Gasteiger partial charge in [-0.1, -0.05) is 0 Å². The second kappa shape index (κ2) is 5.59. The normalized spacial score (nSPS) is 9.75. The van der Waals surface area contributed by atoms with Crippen molar-refractivity contribution >= 4 is 17.8 Å². The Hall–Kier alpha value is -2.25. The van der Waals surface area contributed by atoms with Crippen molar-refractivity contribution < 1.29 is 14.3 Å². The molecule has 0 aliphatic heterocycles. The molecule has 0 atom stereocenters. The maximum atomic E-state index is 11.3. The maximum Gasteiger partial charge on any atom is 0.404 e. The number of primary amides is 1. The highest BCUT2D eigenvalue weighted by molar-refractivity contribution is 5.75. The molecule has 0 saturated carbocycles. The van der Waals surface area contributed by atoms with Crippen molar-refractivity contribution in [3.63, 3.8) is 0 Å². The second-order valence-corrected chi connectivity index (χ2v) is 2.96. The van der Waals surface area contributed by atoms with Crippen molar-refractivity contribution in [2.45, 2.75) is 6.54 Å². The number of nitrogen functional groups attached to an aromatic ring is 1. The monoisotopic (exact) mass is 227 g/mol. The standard InChI is InChI=1S/C8H13N5O3/c9-6-1-3-13(12-6)5-7(14)11-2-4-16-8(10)15/h1,3H,2,4-5H2,(H2,9,12)(H2,10,15)(H,11,14). The maximum absolute atomic E-state index is 11.3. The van der Waals surface area contributed by atoms with Gasteiger partial charge in [0, 0.05) is 6.20 Å². The second-order valence-electron chi connectivity index (χ2n) is 2.96. The highest BCUT2D eigenvalue weighted by Gasteiger charge is 2.03. The minimum absolute atomic E-state index is 0.0440. The summed E-state index contributed by atoms with van der Waals surface area (Å²) in [6.45, 7) is 0.314. The summed E-state index contributed by atoms with van der Waals surface area (Å²) in [5.41, 5.74) is 10.1. The highest BCUT2D eigenvalue weighted by Crippen LogP contribution is 1.94. The number of aromatic nitrogens is 2. The van der Waals surface area contributed by atoms with E-state index in [0.717, 1.165) is 0 Å². The van der Waals surface area contributed by atoms with Crippen molar-refractivity contribution in [3.05, 3.63) is 12.3 Å². The van der Waals surface area contributed by atoms with Gasteiger partial charge in [0.2, 0.25) is 5.91 Å². The molecule has 1 aromatic heterocycles. The van der Waals surface area contributed by atoms with Crippen LogP contribution in [0.25, 0.3) is 0 Å². The van der Waals surface area contributed by atoms with Crippen LogP contribution in [0.5, 0.6) is 0 Å². The van der Waals surface area contributed by atoms with E-state index in [4.69, 9.17) is 11.5 Å². The fourth-order valence-electron chi connectivity index (χ4n) is 1.01. The zero-order valence-corrected chi connectivity index (χ0v) is 8.55. The fourth-order valence-corrected chi connectivity index (χ4v) is 1.01. The van der Waals surface area contributed by atoms with Gasteiger partial charge in [0.1, 0.15) is 19.0 Å². The quantitative estimate of drug-likeness (QED) is 0.538. The van der Waals surface area contributed by atoms with Crippen LogP contribution in [0.15, 0.2) is 12.3 Å². The van der Waals surface area contributed by atoms with Crippen molar-refractivity contribution in [2.24, 2.45) is 5.73 Å². The zero-order valence-electron chi connectivity index (χ0n) is 8.55. The molecule has 0 fully saturated rings. The first-order valence-corrected chi connectivity index (χ1v) is 4.56. The first-order chi connectivity index (χ1) is 7.58. The Morgan fingerprint density at radius 1 is 1.56 bits per heavy atom. The van der Waals surface area contributed by atoms with Gasteiger partial charge >= 0.3 is 6.09 Å². The Bertz CT molecular complexity index is 376. The van der Waals surface area contributed by atoms with Crippen LogP contribution in [0.4, 0.5) is 10.6 Å². The third-order valence-electron chi connectivity index (χ3n) is 1.64. The Labute approximate surface area is 91.5 Å². The molecule has 1 aromatic rings. The number of carbonyl (C=O) groups is 2. The minimum Gasteiger partial charge on any atom is -0.448 e. The Morgan fingerprint density at radius 2 is 2.31 bits per heavy atom. The van der Waals surface area contributed by atoms with Crippen LogP contribution in [0.2, 0.25) is 0 Å². The van der Waals surface area contributed by atoms with Crippen LogP contribution < -0.4 is 16.8 Å². The first-order valence-electron chi connectivity index (χ1n) is 4.56. The molecule has 0 aliphatic carbocycles. The average molecular weight is 227 g/mol. The molecule has 0 aliphatic rings. The molecule has 0 unspecified atom stereocenters. The number of rotatable bonds is 5. The highest BCUT2D eigenvalue weighted by atomic mass is 16.5. The van der Waals surface area contributed by atoms with Gasteiger partial charge in [-0.05, 0) is 6.07 Å². The Morgan fingerprint density at radius 3 is 2.88 bits per heavy atom. The number of hydrogen-bond acceptors (Lipinski definition) is 5. The number of ether oxygens (including phenoxy) is 1. The van der Waals surface area contributed by atoms with E-state index in [0.29, 0.717) is 5.82 Å². The summed E-state index contributed by atoms with van der Waals surface area (Å²) in [5, 5.41) is 6.36. The van der Waals surface area contributed by atoms with Gasteiger partial charge < -0.3 is 21.5 Å². The molecule has 0 radical (unpaired) electrons. The molecule has 0 saturated heterocycles. The molecule has 1 rings (SSSR count). The predicted molar refractivity (Wildman–Crippen MR) is 55.2 cm³/mol. The summed E-state index contributed by atoms with van der Waals surface area (Å²) in [6, 6.07) is 1.59. The van der Waals surface area contributed by atoms with E-state index in [1.54, 1.807) is 12.3 Å². The lowest BCUT2D eigenvalue weighted by Gasteiger charge is -2.05. The van der Waals surface area contributed by atoms with Gasteiger partial charge in [0.15, 0.2) is 0 Å². The number of nitrogens with zero attached hydrogens (tertiary/aromatic N) is 2. The van der Waals surface area contributed by atoms with E-state index in [2.05, 4.69) is 15.2 Å². The summed E-state index contributed by atoms with van der Waals surface area (Å²) in [4.78, 5) is 21.5. The Balaban J connectivity index is 2.18. The number of hydrogen-bond donors (Lipinski definition) is 3. The smallest absolute Gasteiger partial charge is 0.404 e. The molecular weight excluding hydrogens is 214 g/mol. The van der Waals surface area contributed by atoms with E-state index in [9.17, 15) is 9.59 Å². The molecule has 88 valence electrons. The molecule has 8 nitrogen and oxygen atoms in total. The number of amides is 2. The van der Waals surface area contributed by atoms with Gasteiger partial charge in [-0.15, -0.1) is 0 Å². The number of carbonyl (C=O) groups excluding carboxylic acids is 2. The number of anilines is 1. The molecule has 0 bridgehead atoms. The van der Waals surface area contributed by atoms with Gasteiger partial charge in [0.25, 0.3) is 0 Å². The van der Waals surface area contributed by atoms with Crippen molar-refractivity contribution in [3.8, 4) is 0 Å². The molecule has 5 N–H and O–H groups in total. The van der Waals surface area contributed by atoms with E-state index in [1.807, 2.05) is 0 Å². The summed E-state index contributed by atoms with van der Waals surface area (Å²) in [5.74, 6) is 0.0982. The van der Waals surface area contributed by atoms with E-state index in [1.165, 1.54) is 4.68 Å². The van der Waals surface area contributed by atoms with Crippen LogP contribution in [-0.2, 0) is 16.1 Å². The van der Waals surface area contributed by atoms with Crippen LogP contribution in [-0.4, -0.2) is 34.9 Å². The first kappa shape index (κ1) is 11.8. The summed E-state index contributed by atoms with van der Waals surface area (Å²) >= 11 is 0. The van der Waals surface area contributed by atoms with Crippen molar-refractivity contribution in [1.29, 1.82) is 0 Å². The molecule has 2 amide bonds. The zero-order chi connectivity index (χ0) is 12.0. The molecular formula is C8H13N5O3. The number of nitrogens with one attached hydrogen (secondary N) is 1. The predicted octanol–water partition coefficient (Wildman–Crippen LogP) is -1.32. The Kier molecular flexibility index (Phi) is 4.13. The third kappa shape index (κ3) is 4.31.